The molecule has 0 radical (unpaired) electrons. The third-order valence-electron chi connectivity index (χ3n) is 2.26. The average molecular weight is 302 g/mol. The molecule has 0 spiro atoms. The summed E-state index contributed by atoms with van der Waals surface area (Å²) in [5, 5.41) is 0.636. The van der Waals surface area contributed by atoms with Gasteiger partial charge in [0.15, 0.2) is 0 Å². The van der Waals surface area contributed by atoms with E-state index in [1.54, 1.807) is 26.1 Å². The van der Waals surface area contributed by atoms with E-state index in [0.29, 0.717) is 11.6 Å². The topological polar surface area (TPSA) is 46.6 Å². The summed E-state index contributed by atoms with van der Waals surface area (Å²) in [5.41, 5.74) is 0. The Morgan fingerprint density at radius 3 is 2.79 bits per heavy atom. The molecule has 4 nitrogen and oxygen atoms in total. The fourth-order valence-corrected chi connectivity index (χ4v) is 2.45. The molecular formula is C13H16ClNO3S. The molecule has 0 saturated heterocycles. The van der Waals surface area contributed by atoms with Crippen LogP contribution in [-0.4, -0.2) is 42.7 Å². The minimum atomic E-state index is -0.397. The van der Waals surface area contributed by atoms with Crippen LogP contribution in [0.15, 0.2) is 29.2 Å². The lowest BCUT2D eigenvalue weighted by molar-refractivity contribution is -0.147. The average Bonchev–Trinajstić information content (AvgIpc) is 2.36. The number of nitrogens with zero attached hydrogens (tertiary/aromatic N) is 1. The van der Waals surface area contributed by atoms with Crippen molar-refractivity contribution in [1.82, 2.24) is 4.90 Å². The van der Waals surface area contributed by atoms with Gasteiger partial charge in [0.1, 0.15) is 6.54 Å². The van der Waals surface area contributed by atoms with Crippen molar-refractivity contribution in [3.8, 4) is 0 Å². The van der Waals surface area contributed by atoms with E-state index in [4.69, 9.17) is 16.3 Å². The second-order valence-corrected chi connectivity index (χ2v) is 5.29. The maximum absolute atomic E-state index is 11.8. The van der Waals surface area contributed by atoms with Crippen molar-refractivity contribution in [3.05, 3.63) is 29.3 Å². The number of carbonyl (C=O) groups is 2. The highest BCUT2D eigenvalue weighted by Gasteiger charge is 2.13. The van der Waals surface area contributed by atoms with E-state index in [9.17, 15) is 9.59 Å². The largest absolute Gasteiger partial charge is 0.465 e. The predicted molar refractivity (Wildman–Crippen MR) is 76.4 cm³/mol. The zero-order valence-electron chi connectivity index (χ0n) is 10.9. The normalized spacial score (nSPS) is 10.1. The molecule has 1 rings (SSSR count). The first-order valence-corrected chi connectivity index (χ1v) is 7.17. The van der Waals surface area contributed by atoms with E-state index in [0.717, 1.165) is 4.90 Å². The van der Waals surface area contributed by atoms with Crippen LogP contribution in [0, 0.1) is 0 Å². The molecule has 0 aliphatic heterocycles. The summed E-state index contributed by atoms with van der Waals surface area (Å²) in [6, 6.07) is 7.29. The Bertz CT molecular complexity index is 453. The molecule has 19 heavy (non-hydrogen) atoms. The molecule has 1 amide bonds. The van der Waals surface area contributed by atoms with Crippen molar-refractivity contribution in [3.63, 3.8) is 0 Å². The highest BCUT2D eigenvalue weighted by Crippen LogP contribution is 2.21. The van der Waals surface area contributed by atoms with Gasteiger partial charge < -0.3 is 9.64 Å². The monoisotopic (exact) mass is 301 g/mol. The summed E-state index contributed by atoms with van der Waals surface area (Å²) in [6.45, 7) is 2.02. The number of amides is 1. The lowest BCUT2D eigenvalue weighted by atomic mass is 10.4. The molecular weight excluding hydrogens is 286 g/mol. The number of thioether (sulfide) groups is 1. The predicted octanol–water partition coefficient (Wildman–Crippen LogP) is 2.45. The molecule has 0 fully saturated rings. The van der Waals surface area contributed by atoms with E-state index >= 15 is 0 Å². The minimum Gasteiger partial charge on any atom is -0.465 e. The molecule has 0 N–H and O–H groups in total. The summed E-state index contributed by atoms with van der Waals surface area (Å²) < 4.78 is 4.78. The van der Waals surface area contributed by atoms with Crippen molar-refractivity contribution in [2.45, 2.75) is 11.8 Å². The van der Waals surface area contributed by atoms with E-state index in [1.165, 1.54) is 16.7 Å². The van der Waals surface area contributed by atoms with E-state index in [1.807, 2.05) is 12.1 Å². The molecule has 0 bridgehead atoms. The fourth-order valence-electron chi connectivity index (χ4n) is 1.30. The zero-order valence-corrected chi connectivity index (χ0v) is 12.5. The number of likely N-dealkylation sites (N-methyl/N-ethyl adjacent to an activating group) is 1. The number of hydrogen-bond acceptors (Lipinski definition) is 4. The standard InChI is InChI=1S/C13H16ClNO3S/c1-3-18-13(17)8-15(2)12(16)9-19-11-6-4-5-10(14)7-11/h4-7H,3,8-9H2,1-2H3. The van der Waals surface area contributed by atoms with Crippen molar-refractivity contribution in [1.29, 1.82) is 0 Å². The maximum atomic E-state index is 11.8. The molecule has 0 unspecified atom stereocenters. The zero-order chi connectivity index (χ0) is 14.3. The van der Waals surface area contributed by atoms with Crippen molar-refractivity contribution >= 4 is 35.2 Å². The van der Waals surface area contributed by atoms with Crippen molar-refractivity contribution in [2.75, 3.05) is 26.0 Å². The second-order valence-electron chi connectivity index (χ2n) is 3.80. The number of esters is 1. The SMILES string of the molecule is CCOC(=O)CN(C)C(=O)CSc1cccc(Cl)c1. The van der Waals surface area contributed by atoms with Crippen LogP contribution in [0.3, 0.4) is 0 Å². The van der Waals surface area contributed by atoms with Crippen molar-refractivity contribution in [2.24, 2.45) is 0 Å². The third-order valence-corrected chi connectivity index (χ3v) is 3.47. The van der Waals surface area contributed by atoms with Gasteiger partial charge in [0.2, 0.25) is 5.91 Å². The van der Waals surface area contributed by atoms with Gasteiger partial charge in [-0.25, -0.2) is 0 Å². The van der Waals surface area contributed by atoms with Crippen LogP contribution in [-0.2, 0) is 14.3 Å². The van der Waals surface area contributed by atoms with Crippen LogP contribution in [0.4, 0.5) is 0 Å². The lowest BCUT2D eigenvalue weighted by Crippen LogP contribution is -2.34. The third kappa shape index (κ3) is 5.98. The molecule has 1 aromatic carbocycles. The van der Waals surface area contributed by atoms with Gasteiger partial charge in [-0.15, -0.1) is 11.8 Å². The molecule has 0 aliphatic rings. The van der Waals surface area contributed by atoms with E-state index < -0.39 is 5.97 Å². The molecule has 0 atom stereocenters. The summed E-state index contributed by atoms with van der Waals surface area (Å²) in [4.78, 5) is 25.3. The van der Waals surface area contributed by atoms with Gasteiger partial charge in [0.25, 0.3) is 0 Å². The van der Waals surface area contributed by atoms with Crippen LogP contribution < -0.4 is 0 Å². The fraction of sp³-hybridized carbons (Fsp3) is 0.385. The van der Waals surface area contributed by atoms with Crippen LogP contribution in [0.5, 0.6) is 0 Å². The molecule has 0 heterocycles. The number of rotatable bonds is 6. The van der Waals surface area contributed by atoms with E-state index in [2.05, 4.69) is 0 Å². The van der Waals surface area contributed by atoms with Gasteiger partial charge in [0.05, 0.1) is 12.4 Å². The van der Waals surface area contributed by atoms with Crippen LogP contribution in [0.2, 0.25) is 5.02 Å². The first-order valence-electron chi connectivity index (χ1n) is 5.81. The summed E-state index contributed by atoms with van der Waals surface area (Å²) in [7, 11) is 1.58. The summed E-state index contributed by atoms with van der Waals surface area (Å²) >= 11 is 7.24. The number of benzene rings is 1. The minimum absolute atomic E-state index is 0.0250. The number of halogens is 1. The Kier molecular flexibility index (Phi) is 6.73. The Labute approximate surface area is 122 Å². The highest BCUT2D eigenvalue weighted by atomic mass is 35.5. The van der Waals surface area contributed by atoms with Gasteiger partial charge in [0, 0.05) is 17.0 Å². The molecule has 104 valence electrons. The number of hydrogen-bond donors (Lipinski definition) is 0. The van der Waals surface area contributed by atoms with Crippen LogP contribution in [0.1, 0.15) is 6.92 Å². The van der Waals surface area contributed by atoms with Gasteiger partial charge in [-0.1, -0.05) is 17.7 Å². The second kappa shape index (κ2) is 8.07. The lowest BCUT2D eigenvalue weighted by Gasteiger charge is -2.15. The van der Waals surface area contributed by atoms with E-state index in [-0.39, 0.29) is 18.2 Å². The Morgan fingerprint density at radius 2 is 2.16 bits per heavy atom. The summed E-state index contributed by atoms with van der Waals surface area (Å²) in [6.07, 6.45) is 0. The first-order chi connectivity index (χ1) is 9.02. The number of carbonyl (C=O) groups excluding carboxylic acids is 2. The maximum Gasteiger partial charge on any atom is 0.325 e. The van der Waals surface area contributed by atoms with Crippen LogP contribution in [0.25, 0.3) is 0 Å². The van der Waals surface area contributed by atoms with Crippen molar-refractivity contribution < 1.29 is 14.3 Å². The Balaban J connectivity index is 2.40. The van der Waals surface area contributed by atoms with Gasteiger partial charge in [-0.3, -0.25) is 9.59 Å². The number of ether oxygens (including phenoxy) is 1. The smallest absolute Gasteiger partial charge is 0.325 e. The first kappa shape index (κ1) is 15.9. The van der Waals surface area contributed by atoms with Gasteiger partial charge >= 0.3 is 5.97 Å². The Morgan fingerprint density at radius 1 is 1.42 bits per heavy atom. The molecule has 0 aliphatic carbocycles. The Hall–Kier alpha value is -1.20. The van der Waals surface area contributed by atoms with Crippen LogP contribution >= 0.6 is 23.4 Å². The summed E-state index contributed by atoms with van der Waals surface area (Å²) in [5.74, 6) is -0.264. The molecule has 0 aromatic heterocycles. The van der Waals surface area contributed by atoms with Gasteiger partial charge in [-0.2, -0.15) is 0 Å². The highest BCUT2D eigenvalue weighted by molar-refractivity contribution is 8.00. The quantitative estimate of drug-likeness (QED) is 0.598. The van der Waals surface area contributed by atoms with Gasteiger partial charge in [-0.05, 0) is 25.1 Å². The molecule has 1 aromatic rings. The molecule has 0 saturated carbocycles. The molecule has 6 heteroatoms.